The molecule has 0 amide bonds. The van der Waals surface area contributed by atoms with Crippen LogP contribution < -0.4 is 0 Å². The molecule has 6 heterocycles. The first kappa shape index (κ1) is 23.8. The highest BCUT2D eigenvalue weighted by Crippen LogP contribution is 2.47. The van der Waals surface area contributed by atoms with Gasteiger partial charge in [-0.05, 0) is 56.6 Å². The molecule has 0 aromatic carbocycles. The lowest BCUT2D eigenvalue weighted by molar-refractivity contribution is -0.0237. The average molecular weight is 539 g/mol. The van der Waals surface area contributed by atoms with E-state index in [-0.39, 0.29) is 5.41 Å². The zero-order valence-electron chi connectivity index (χ0n) is 21.9. The number of fused-ring (bicyclic) bond motifs is 2. The molecule has 1 aliphatic carbocycles. The Morgan fingerprint density at radius 2 is 1.84 bits per heavy atom. The van der Waals surface area contributed by atoms with Crippen molar-refractivity contribution in [3.63, 3.8) is 0 Å². The van der Waals surface area contributed by atoms with Crippen LogP contribution >= 0.6 is 11.3 Å². The molecule has 3 fully saturated rings. The second kappa shape index (κ2) is 8.10. The standard InChI is InChI=1S/C27H34N6O2S2/c1-15(2)21-22(20-9-33-24(28-14-29-33)17(4)16(20)3)30-26-23(21)31-25(36-26)18-5-7-19(8-6-18)32-10-27(11-32)12-37(34,35)13-27/h9,14-15,18-19,30H,5-8,10-13H2,1-4H3. The van der Waals surface area contributed by atoms with Crippen molar-refractivity contribution in [1.82, 2.24) is 29.5 Å². The average Bonchev–Trinajstić information content (AvgIpc) is 3.52. The summed E-state index contributed by atoms with van der Waals surface area (Å²) in [6, 6.07) is 0.603. The number of aromatic amines is 1. The SMILES string of the molecule is Cc1c(-c2[nH]c3sc(C4CCC(N5CC6(C5)CS(=O)(=O)C6)CC4)nc3c2C(C)C)cn2ncnc2c1C. The van der Waals surface area contributed by atoms with Gasteiger partial charge in [-0.25, -0.2) is 22.9 Å². The van der Waals surface area contributed by atoms with Gasteiger partial charge >= 0.3 is 0 Å². The van der Waals surface area contributed by atoms with E-state index in [9.17, 15) is 8.42 Å². The number of hydrogen-bond acceptors (Lipinski definition) is 7. The predicted molar refractivity (Wildman–Crippen MR) is 147 cm³/mol. The van der Waals surface area contributed by atoms with Gasteiger partial charge in [0.25, 0.3) is 0 Å². The molecule has 8 nitrogen and oxygen atoms in total. The number of H-pyrrole nitrogens is 1. The molecule has 7 rings (SSSR count). The van der Waals surface area contributed by atoms with E-state index in [4.69, 9.17) is 4.98 Å². The Morgan fingerprint density at radius 1 is 1.11 bits per heavy atom. The molecule has 4 aromatic heterocycles. The van der Waals surface area contributed by atoms with Gasteiger partial charge in [0.15, 0.2) is 15.5 Å². The van der Waals surface area contributed by atoms with Gasteiger partial charge in [-0.1, -0.05) is 13.8 Å². The van der Waals surface area contributed by atoms with Gasteiger partial charge in [0, 0.05) is 47.8 Å². The summed E-state index contributed by atoms with van der Waals surface area (Å²) < 4.78 is 25.1. The summed E-state index contributed by atoms with van der Waals surface area (Å²) in [5, 5.41) is 5.66. The van der Waals surface area contributed by atoms with Crippen molar-refractivity contribution >= 4 is 37.2 Å². The Labute approximate surface area is 221 Å². The molecule has 37 heavy (non-hydrogen) atoms. The molecule has 1 N–H and O–H groups in total. The number of nitrogens with zero attached hydrogens (tertiary/aromatic N) is 5. The molecule has 4 aromatic rings. The Kier molecular flexibility index (Phi) is 5.21. The van der Waals surface area contributed by atoms with Crippen LogP contribution in [0.4, 0.5) is 0 Å². The number of thiazole rings is 1. The molecule has 1 spiro atoms. The van der Waals surface area contributed by atoms with Crippen LogP contribution in [-0.4, -0.2) is 68.5 Å². The van der Waals surface area contributed by atoms with Crippen LogP contribution in [0.5, 0.6) is 0 Å². The number of rotatable bonds is 4. The van der Waals surface area contributed by atoms with E-state index in [1.165, 1.54) is 33.8 Å². The number of aromatic nitrogens is 5. The van der Waals surface area contributed by atoms with E-state index >= 15 is 0 Å². The first-order valence-corrected chi connectivity index (χ1v) is 16.0. The number of sulfone groups is 1. The normalized spacial score (nSPS) is 25.2. The Balaban J connectivity index is 1.12. The van der Waals surface area contributed by atoms with E-state index in [2.05, 4.69) is 53.9 Å². The van der Waals surface area contributed by atoms with Crippen molar-refractivity contribution in [2.24, 2.45) is 5.41 Å². The molecular weight excluding hydrogens is 504 g/mol. The Bertz CT molecular complexity index is 1620. The third kappa shape index (κ3) is 3.70. The lowest BCUT2D eigenvalue weighted by atomic mass is 9.78. The van der Waals surface area contributed by atoms with Gasteiger partial charge in [0.05, 0.1) is 22.2 Å². The zero-order chi connectivity index (χ0) is 25.7. The lowest BCUT2D eigenvalue weighted by Gasteiger charge is -2.58. The number of aryl methyl sites for hydroxylation is 1. The second-order valence-corrected chi connectivity index (χ2v) is 15.2. The van der Waals surface area contributed by atoms with Gasteiger partial charge in [0.2, 0.25) is 0 Å². The minimum atomic E-state index is -2.74. The topological polar surface area (TPSA) is 96.2 Å². The minimum absolute atomic E-state index is 0.0874. The maximum Gasteiger partial charge on any atom is 0.158 e. The van der Waals surface area contributed by atoms with E-state index < -0.39 is 9.84 Å². The molecule has 3 aliphatic rings. The predicted octanol–water partition coefficient (Wildman–Crippen LogP) is 4.83. The largest absolute Gasteiger partial charge is 0.345 e. The monoisotopic (exact) mass is 538 g/mol. The van der Waals surface area contributed by atoms with Crippen molar-refractivity contribution < 1.29 is 8.42 Å². The number of likely N-dealkylation sites (tertiary alicyclic amines) is 1. The number of hydrogen-bond donors (Lipinski definition) is 1. The summed E-state index contributed by atoms with van der Waals surface area (Å²) in [5.41, 5.74) is 8.10. The van der Waals surface area contributed by atoms with Gasteiger partial charge in [-0.3, -0.25) is 4.90 Å². The minimum Gasteiger partial charge on any atom is -0.345 e. The summed E-state index contributed by atoms with van der Waals surface area (Å²) in [5.74, 6) is 1.67. The molecular formula is C27H34N6O2S2. The highest BCUT2D eigenvalue weighted by molar-refractivity contribution is 7.92. The Hall–Kier alpha value is -2.30. The van der Waals surface area contributed by atoms with E-state index in [1.807, 2.05) is 15.9 Å². The maximum atomic E-state index is 11.6. The molecule has 0 atom stereocenters. The summed E-state index contributed by atoms with van der Waals surface area (Å²) in [6.45, 7) is 10.7. The van der Waals surface area contributed by atoms with Crippen LogP contribution in [0.3, 0.4) is 0 Å². The van der Waals surface area contributed by atoms with Crippen LogP contribution in [0.2, 0.25) is 0 Å². The van der Waals surface area contributed by atoms with E-state index in [0.29, 0.717) is 29.4 Å². The fourth-order valence-electron chi connectivity index (χ4n) is 7.14. The third-order valence-corrected chi connectivity index (χ3v) is 12.3. The maximum absolute atomic E-state index is 11.6. The smallest absolute Gasteiger partial charge is 0.158 e. The summed E-state index contributed by atoms with van der Waals surface area (Å²) >= 11 is 1.83. The van der Waals surface area contributed by atoms with Gasteiger partial charge in [-0.2, -0.15) is 5.10 Å². The quantitative estimate of drug-likeness (QED) is 0.400. The van der Waals surface area contributed by atoms with E-state index in [0.717, 1.165) is 53.9 Å². The molecule has 2 saturated heterocycles. The summed E-state index contributed by atoms with van der Waals surface area (Å²) in [7, 11) is -2.74. The second-order valence-electron chi connectivity index (χ2n) is 12.1. The van der Waals surface area contributed by atoms with Crippen molar-refractivity contribution in [2.45, 2.75) is 71.3 Å². The highest BCUT2D eigenvalue weighted by Gasteiger charge is 2.57. The van der Waals surface area contributed by atoms with Crippen LogP contribution in [-0.2, 0) is 9.84 Å². The molecule has 196 valence electrons. The van der Waals surface area contributed by atoms with Gasteiger partial charge in [-0.15, -0.1) is 11.3 Å². The van der Waals surface area contributed by atoms with Crippen LogP contribution in [0.25, 0.3) is 27.3 Å². The fourth-order valence-corrected chi connectivity index (χ4v) is 10.4. The molecule has 1 saturated carbocycles. The van der Waals surface area contributed by atoms with Crippen LogP contribution in [0.15, 0.2) is 12.5 Å². The van der Waals surface area contributed by atoms with Crippen molar-refractivity contribution in [2.75, 3.05) is 24.6 Å². The first-order valence-electron chi connectivity index (χ1n) is 13.4. The number of pyridine rings is 1. The van der Waals surface area contributed by atoms with Crippen molar-refractivity contribution in [3.8, 4) is 11.3 Å². The molecule has 0 bridgehead atoms. The van der Waals surface area contributed by atoms with Gasteiger partial charge in [0.1, 0.15) is 16.7 Å². The summed E-state index contributed by atoms with van der Waals surface area (Å²) in [4.78, 5) is 17.1. The lowest BCUT2D eigenvalue weighted by Crippen LogP contribution is -2.70. The van der Waals surface area contributed by atoms with E-state index in [1.54, 1.807) is 6.33 Å². The van der Waals surface area contributed by atoms with Gasteiger partial charge < -0.3 is 4.98 Å². The first-order chi connectivity index (χ1) is 17.6. The fraction of sp³-hybridized carbons (Fsp3) is 0.593. The zero-order valence-corrected chi connectivity index (χ0v) is 23.5. The number of nitrogens with one attached hydrogen (secondary N) is 1. The van der Waals surface area contributed by atoms with Crippen molar-refractivity contribution in [3.05, 3.63) is 34.2 Å². The molecule has 10 heteroatoms. The van der Waals surface area contributed by atoms with Crippen LogP contribution in [0.1, 0.15) is 73.1 Å². The van der Waals surface area contributed by atoms with Crippen LogP contribution in [0, 0.1) is 19.3 Å². The molecule has 0 unspecified atom stereocenters. The highest BCUT2D eigenvalue weighted by atomic mass is 32.2. The molecule has 2 aliphatic heterocycles. The molecule has 0 radical (unpaired) electrons. The third-order valence-electron chi connectivity index (χ3n) is 9.07. The van der Waals surface area contributed by atoms with Crippen molar-refractivity contribution in [1.29, 1.82) is 0 Å². The summed E-state index contributed by atoms with van der Waals surface area (Å²) in [6.07, 6.45) is 8.39. The Morgan fingerprint density at radius 3 is 2.51 bits per heavy atom.